The van der Waals surface area contributed by atoms with Crippen molar-refractivity contribution in [2.24, 2.45) is 0 Å². The Morgan fingerprint density at radius 1 is 1.12 bits per heavy atom. The van der Waals surface area contributed by atoms with Crippen LogP contribution in [0.2, 0.25) is 10.0 Å². The van der Waals surface area contributed by atoms with Crippen LogP contribution in [0.5, 0.6) is 5.75 Å². The molecule has 174 valence electrons. The number of rotatable bonds is 8. The zero-order valence-corrected chi connectivity index (χ0v) is 20.0. The number of aryl methyl sites for hydroxylation is 1. The molecule has 1 aliphatic heterocycles. The van der Waals surface area contributed by atoms with Gasteiger partial charge >= 0.3 is 0 Å². The molecule has 2 aromatic carbocycles. The maximum Gasteiger partial charge on any atom is 0.265 e. The Kier molecular flexibility index (Phi) is 8.41. The number of halogens is 2. The van der Waals surface area contributed by atoms with E-state index in [2.05, 4.69) is 4.90 Å². The minimum absolute atomic E-state index is 0.0244. The van der Waals surface area contributed by atoms with E-state index in [4.69, 9.17) is 32.5 Å². The first-order valence-electron chi connectivity index (χ1n) is 10.2. The summed E-state index contributed by atoms with van der Waals surface area (Å²) in [7, 11) is -4.12. The lowest BCUT2D eigenvalue weighted by atomic mass is 10.1. The van der Waals surface area contributed by atoms with Gasteiger partial charge in [-0.2, -0.15) is 8.42 Å². The van der Waals surface area contributed by atoms with Crippen molar-refractivity contribution in [3.63, 3.8) is 0 Å². The van der Waals surface area contributed by atoms with Gasteiger partial charge in [0.15, 0.2) is 6.61 Å². The first-order valence-corrected chi connectivity index (χ1v) is 12.6. The van der Waals surface area contributed by atoms with Gasteiger partial charge < -0.3 is 9.64 Å². The summed E-state index contributed by atoms with van der Waals surface area (Å²) in [6, 6.07) is 12.6. The number of hydrogen-bond acceptors (Lipinski definition) is 5. The number of nitrogens with zero attached hydrogens (tertiary/aromatic N) is 2. The maximum absolute atomic E-state index is 12.8. The molecule has 10 heteroatoms. The highest BCUT2D eigenvalue weighted by Gasteiger charge is 2.27. The van der Waals surface area contributed by atoms with Gasteiger partial charge in [-0.3, -0.25) is 14.2 Å². The van der Waals surface area contributed by atoms with Crippen LogP contribution in [-0.4, -0.2) is 66.7 Å². The van der Waals surface area contributed by atoms with E-state index in [9.17, 15) is 13.2 Å². The van der Waals surface area contributed by atoms with Crippen molar-refractivity contribution in [1.82, 2.24) is 9.80 Å². The van der Waals surface area contributed by atoms with E-state index in [0.29, 0.717) is 27.9 Å². The molecule has 0 aromatic heterocycles. The van der Waals surface area contributed by atoms with Crippen molar-refractivity contribution in [1.29, 1.82) is 0 Å². The van der Waals surface area contributed by atoms with E-state index in [-0.39, 0.29) is 25.0 Å². The van der Waals surface area contributed by atoms with Crippen LogP contribution in [0.4, 0.5) is 0 Å². The van der Waals surface area contributed by atoms with E-state index < -0.39 is 15.9 Å². The molecule has 0 radical (unpaired) electrons. The Bertz CT molecular complexity index is 1050. The number of carbonyl (C=O) groups excluding carboxylic acids is 1. The molecule has 1 saturated heterocycles. The summed E-state index contributed by atoms with van der Waals surface area (Å²) in [5, 5.41) is 1.12. The van der Waals surface area contributed by atoms with E-state index >= 15 is 0 Å². The first-order chi connectivity index (χ1) is 15.1. The number of hydrogen-bond donors (Lipinski definition) is 1. The second kappa shape index (κ2) is 10.9. The summed E-state index contributed by atoms with van der Waals surface area (Å²) in [6.45, 7) is 4.72. The Labute approximate surface area is 198 Å². The number of amides is 1. The van der Waals surface area contributed by atoms with Crippen LogP contribution in [-0.2, 0) is 27.9 Å². The van der Waals surface area contributed by atoms with Gasteiger partial charge in [0.2, 0.25) is 0 Å². The number of ether oxygens (including phenoxy) is 1. The lowest BCUT2D eigenvalue weighted by molar-refractivity contribution is -0.138. The van der Waals surface area contributed by atoms with Crippen molar-refractivity contribution < 1.29 is 22.5 Å². The fourth-order valence-electron chi connectivity index (χ4n) is 3.74. The molecule has 1 aliphatic rings. The molecule has 0 bridgehead atoms. The zero-order chi connectivity index (χ0) is 23.3. The Morgan fingerprint density at radius 3 is 2.47 bits per heavy atom. The summed E-state index contributed by atoms with van der Waals surface area (Å²) in [6.07, 6.45) is 0.0304. The number of carbonyl (C=O) groups is 1. The van der Waals surface area contributed by atoms with E-state index in [1.807, 2.05) is 31.2 Å². The molecule has 1 unspecified atom stereocenters. The van der Waals surface area contributed by atoms with Gasteiger partial charge in [-0.05, 0) is 54.8 Å². The second-order valence-corrected chi connectivity index (χ2v) is 10.3. The van der Waals surface area contributed by atoms with Crippen LogP contribution < -0.4 is 4.74 Å². The second-order valence-electron chi connectivity index (χ2n) is 7.87. The SMILES string of the molecule is CC1CN(Cc2ccc(Cl)cc2)CCN1C(=O)COc1ccc(Cl)cc1CCS(=O)(=O)O. The van der Waals surface area contributed by atoms with Gasteiger partial charge in [-0.15, -0.1) is 0 Å². The molecular weight excluding hydrogens is 475 g/mol. The minimum atomic E-state index is -4.12. The third-order valence-electron chi connectivity index (χ3n) is 5.35. The van der Waals surface area contributed by atoms with Gasteiger partial charge in [-0.25, -0.2) is 0 Å². The molecule has 1 atom stereocenters. The van der Waals surface area contributed by atoms with E-state index in [1.165, 1.54) is 5.56 Å². The highest BCUT2D eigenvalue weighted by atomic mass is 35.5. The summed E-state index contributed by atoms with van der Waals surface area (Å²) in [5.41, 5.74) is 1.69. The molecular formula is C22H26Cl2N2O5S. The Hall–Kier alpha value is -1.84. The molecule has 1 heterocycles. The average molecular weight is 501 g/mol. The van der Waals surface area contributed by atoms with Crippen LogP contribution >= 0.6 is 23.2 Å². The van der Waals surface area contributed by atoms with Crippen LogP contribution in [0.15, 0.2) is 42.5 Å². The molecule has 0 aliphatic carbocycles. The molecule has 3 rings (SSSR count). The fourth-order valence-corrected chi connectivity index (χ4v) is 4.54. The molecule has 7 nitrogen and oxygen atoms in total. The van der Waals surface area contributed by atoms with Gasteiger partial charge in [-0.1, -0.05) is 35.3 Å². The largest absolute Gasteiger partial charge is 0.483 e. The van der Waals surface area contributed by atoms with Crippen molar-refractivity contribution >= 4 is 39.2 Å². The van der Waals surface area contributed by atoms with Crippen molar-refractivity contribution in [2.75, 3.05) is 32.0 Å². The normalized spacial score (nSPS) is 17.4. The van der Waals surface area contributed by atoms with Crippen molar-refractivity contribution in [3.05, 3.63) is 63.6 Å². The predicted octanol–water partition coefficient (Wildman–Crippen LogP) is 3.54. The third kappa shape index (κ3) is 7.35. The van der Waals surface area contributed by atoms with Gasteiger partial charge in [0.05, 0.1) is 5.75 Å². The maximum atomic E-state index is 12.8. The van der Waals surface area contributed by atoms with Crippen LogP contribution in [0, 0.1) is 0 Å². The first kappa shape index (κ1) is 24.8. The van der Waals surface area contributed by atoms with Gasteiger partial charge in [0, 0.05) is 42.3 Å². The third-order valence-corrected chi connectivity index (χ3v) is 6.56. The summed E-state index contributed by atoms with van der Waals surface area (Å²) >= 11 is 11.9. The minimum Gasteiger partial charge on any atom is -0.483 e. The topological polar surface area (TPSA) is 87.2 Å². The predicted molar refractivity (Wildman–Crippen MR) is 125 cm³/mol. The number of benzene rings is 2. The van der Waals surface area contributed by atoms with E-state index in [0.717, 1.165) is 19.6 Å². The molecule has 1 N–H and O–H groups in total. The highest BCUT2D eigenvalue weighted by molar-refractivity contribution is 7.85. The van der Waals surface area contributed by atoms with Crippen LogP contribution in [0.3, 0.4) is 0 Å². The Morgan fingerprint density at radius 2 is 1.81 bits per heavy atom. The summed E-state index contributed by atoms with van der Waals surface area (Å²) in [5.74, 6) is -0.218. The Balaban J connectivity index is 1.55. The van der Waals surface area contributed by atoms with E-state index in [1.54, 1.807) is 23.1 Å². The molecule has 0 spiro atoms. The van der Waals surface area contributed by atoms with Gasteiger partial charge in [0.25, 0.3) is 16.0 Å². The molecule has 32 heavy (non-hydrogen) atoms. The van der Waals surface area contributed by atoms with Gasteiger partial charge in [0.1, 0.15) is 5.75 Å². The lowest BCUT2D eigenvalue weighted by Gasteiger charge is -2.40. The highest BCUT2D eigenvalue weighted by Crippen LogP contribution is 2.24. The molecule has 1 fully saturated rings. The lowest BCUT2D eigenvalue weighted by Crippen LogP contribution is -2.54. The molecule has 1 amide bonds. The molecule has 0 saturated carbocycles. The standard InChI is InChI=1S/C22H26Cl2N2O5S/c1-16-13-25(14-17-2-4-19(23)5-3-17)9-10-26(16)22(27)15-31-21-7-6-20(24)12-18(21)8-11-32(28,29)30/h2-7,12,16H,8-11,13-15H2,1H3,(H,28,29,30). The van der Waals surface area contributed by atoms with Crippen molar-refractivity contribution in [2.45, 2.75) is 25.9 Å². The average Bonchev–Trinajstić information content (AvgIpc) is 2.72. The fraction of sp³-hybridized carbons (Fsp3) is 0.409. The van der Waals surface area contributed by atoms with Crippen LogP contribution in [0.25, 0.3) is 0 Å². The zero-order valence-electron chi connectivity index (χ0n) is 17.7. The summed E-state index contributed by atoms with van der Waals surface area (Å²) < 4.78 is 36.9. The van der Waals surface area contributed by atoms with Crippen molar-refractivity contribution in [3.8, 4) is 5.75 Å². The molecule has 2 aromatic rings. The number of piperazine rings is 1. The van der Waals surface area contributed by atoms with Crippen LogP contribution in [0.1, 0.15) is 18.1 Å². The smallest absolute Gasteiger partial charge is 0.265 e. The summed E-state index contributed by atoms with van der Waals surface area (Å²) in [4.78, 5) is 16.9. The monoisotopic (exact) mass is 500 g/mol. The quantitative estimate of drug-likeness (QED) is 0.557.